The molecule has 0 N–H and O–H groups in total. The van der Waals surface area contributed by atoms with Crippen LogP contribution in [0.15, 0.2) is 48.7 Å². The van der Waals surface area contributed by atoms with Gasteiger partial charge in [-0.25, -0.2) is 0 Å². The first-order valence-corrected chi connectivity index (χ1v) is 7.53. The van der Waals surface area contributed by atoms with Crippen LogP contribution in [0.1, 0.15) is 11.3 Å². The second-order valence-electron chi connectivity index (χ2n) is 5.01. The van der Waals surface area contributed by atoms with E-state index in [0.29, 0.717) is 16.5 Å². The molecule has 0 fully saturated rings. The smallest absolute Gasteiger partial charge is 0.161 e. The summed E-state index contributed by atoms with van der Waals surface area (Å²) in [6.07, 6.45) is 5.75. The van der Waals surface area contributed by atoms with Crippen molar-refractivity contribution >= 4 is 34.5 Å². The predicted molar refractivity (Wildman–Crippen MR) is 95.2 cm³/mol. The van der Waals surface area contributed by atoms with Gasteiger partial charge >= 0.3 is 0 Å². The van der Waals surface area contributed by atoms with E-state index in [4.69, 9.17) is 21.1 Å². The quantitative estimate of drug-likeness (QED) is 0.670. The third-order valence-corrected chi connectivity index (χ3v) is 3.82. The molecule has 116 valence electrons. The van der Waals surface area contributed by atoms with E-state index >= 15 is 0 Å². The molecule has 0 unspecified atom stereocenters. The number of fused-ring (bicyclic) bond motifs is 1. The van der Waals surface area contributed by atoms with Crippen molar-refractivity contribution in [2.24, 2.45) is 0 Å². The van der Waals surface area contributed by atoms with Crippen LogP contribution < -0.4 is 9.47 Å². The van der Waals surface area contributed by atoms with Gasteiger partial charge in [0, 0.05) is 16.6 Å². The zero-order valence-electron chi connectivity index (χ0n) is 12.9. The molecule has 0 spiro atoms. The zero-order valence-corrected chi connectivity index (χ0v) is 13.7. The lowest BCUT2D eigenvalue weighted by Crippen LogP contribution is -1.92. The van der Waals surface area contributed by atoms with Crippen LogP contribution in [0, 0.1) is 0 Å². The minimum Gasteiger partial charge on any atom is -0.493 e. The summed E-state index contributed by atoms with van der Waals surface area (Å²) in [6.45, 7) is 0. The van der Waals surface area contributed by atoms with Crippen LogP contribution in [0.25, 0.3) is 22.9 Å². The highest BCUT2D eigenvalue weighted by atomic mass is 35.5. The molecule has 3 rings (SSSR count). The van der Waals surface area contributed by atoms with Gasteiger partial charge in [0.05, 0.1) is 19.9 Å². The minimum atomic E-state index is 0.686. The molecule has 0 amide bonds. The van der Waals surface area contributed by atoms with E-state index in [9.17, 15) is 0 Å². The molecule has 0 atom stereocenters. The van der Waals surface area contributed by atoms with Gasteiger partial charge < -0.3 is 9.47 Å². The number of pyridine rings is 1. The summed E-state index contributed by atoms with van der Waals surface area (Å²) in [5.74, 6) is 1.39. The van der Waals surface area contributed by atoms with E-state index < -0.39 is 0 Å². The maximum absolute atomic E-state index is 6.01. The highest BCUT2D eigenvalue weighted by Crippen LogP contribution is 2.33. The fourth-order valence-electron chi connectivity index (χ4n) is 2.44. The second kappa shape index (κ2) is 6.71. The van der Waals surface area contributed by atoms with Crippen LogP contribution in [-0.2, 0) is 0 Å². The molecule has 0 bridgehead atoms. The summed E-state index contributed by atoms with van der Waals surface area (Å²) in [7, 11) is 3.26. The SMILES string of the molecule is COc1cc2ccnc(C=Cc3cccc(Cl)c3)c2cc1OC. The number of hydrogen-bond acceptors (Lipinski definition) is 3. The Morgan fingerprint density at radius 2 is 1.74 bits per heavy atom. The molecule has 1 heterocycles. The van der Waals surface area contributed by atoms with Gasteiger partial charge in [0.15, 0.2) is 11.5 Å². The lowest BCUT2D eigenvalue weighted by atomic mass is 10.1. The lowest BCUT2D eigenvalue weighted by Gasteiger charge is -2.10. The van der Waals surface area contributed by atoms with Gasteiger partial charge in [-0.1, -0.05) is 29.8 Å². The first kappa shape index (κ1) is 15.4. The van der Waals surface area contributed by atoms with Crippen LogP contribution in [0.2, 0.25) is 5.02 Å². The van der Waals surface area contributed by atoms with Crippen molar-refractivity contribution in [1.82, 2.24) is 4.98 Å². The van der Waals surface area contributed by atoms with Gasteiger partial charge in [-0.2, -0.15) is 0 Å². The van der Waals surface area contributed by atoms with Crippen LogP contribution in [-0.4, -0.2) is 19.2 Å². The number of halogens is 1. The summed E-state index contributed by atoms with van der Waals surface area (Å²) in [4.78, 5) is 4.46. The van der Waals surface area contributed by atoms with Crippen molar-refractivity contribution in [2.45, 2.75) is 0 Å². The fourth-order valence-corrected chi connectivity index (χ4v) is 2.64. The maximum Gasteiger partial charge on any atom is 0.161 e. The number of rotatable bonds is 4. The summed E-state index contributed by atoms with van der Waals surface area (Å²) < 4.78 is 10.7. The van der Waals surface area contributed by atoms with Crippen molar-refractivity contribution in [1.29, 1.82) is 0 Å². The molecule has 2 aromatic carbocycles. The molecule has 0 aliphatic carbocycles. The average Bonchev–Trinajstić information content (AvgIpc) is 2.58. The second-order valence-corrected chi connectivity index (χ2v) is 5.45. The number of benzene rings is 2. The van der Waals surface area contributed by atoms with Crippen LogP contribution in [0.5, 0.6) is 11.5 Å². The Morgan fingerprint density at radius 1 is 0.957 bits per heavy atom. The molecule has 4 heteroatoms. The Kier molecular flexibility index (Phi) is 4.49. The number of aromatic nitrogens is 1. The fraction of sp³-hybridized carbons (Fsp3) is 0.105. The van der Waals surface area contributed by atoms with Crippen molar-refractivity contribution in [3.63, 3.8) is 0 Å². The number of hydrogen-bond donors (Lipinski definition) is 0. The zero-order chi connectivity index (χ0) is 16.2. The molecule has 0 saturated heterocycles. The lowest BCUT2D eigenvalue weighted by molar-refractivity contribution is 0.356. The molecular formula is C19H16ClNO2. The summed E-state index contributed by atoms with van der Waals surface area (Å²) in [6, 6.07) is 13.5. The molecule has 0 saturated carbocycles. The van der Waals surface area contributed by atoms with E-state index in [1.807, 2.05) is 54.6 Å². The first-order valence-electron chi connectivity index (χ1n) is 7.15. The summed E-state index contributed by atoms with van der Waals surface area (Å²) in [5.41, 5.74) is 1.89. The van der Waals surface area contributed by atoms with Crippen LogP contribution >= 0.6 is 11.6 Å². The summed E-state index contributed by atoms with van der Waals surface area (Å²) in [5, 5.41) is 2.76. The molecule has 0 aliphatic heterocycles. The largest absolute Gasteiger partial charge is 0.493 e. The van der Waals surface area contributed by atoms with E-state index in [2.05, 4.69) is 4.98 Å². The number of ether oxygens (including phenoxy) is 2. The Bertz CT molecular complexity index is 874. The van der Waals surface area contributed by atoms with Gasteiger partial charge in [0.25, 0.3) is 0 Å². The molecule has 0 radical (unpaired) electrons. The Labute approximate surface area is 140 Å². The Hall–Kier alpha value is -2.52. The molecule has 0 aliphatic rings. The van der Waals surface area contributed by atoms with Gasteiger partial charge in [-0.15, -0.1) is 0 Å². The third-order valence-electron chi connectivity index (χ3n) is 3.58. The molecule has 3 nitrogen and oxygen atoms in total. The molecule has 1 aromatic heterocycles. The van der Waals surface area contributed by atoms with Gasteiger partial charge in [-0.3, -0.25) is 4.98 Å². The van der Waals surface area contributed by atoms with Crippen molar-refractivity contribution < 1.29 is 9.47 Å². The van der Waals surface area contributed by atoms with Crippen molar-refractivity contribution in [2.75, 3.05) is 14.2 Å². The van der Waals surface area contributed by atoms with Gasteiger partial charge in [-0.05, 0) is 47.4 Å². The standard InChI is InChI=1S/C19H16ClNO2/c1-22-18-11-14-8-9-21-17(16(14)12-19(18)23-2)7-6-13-4-3-5-15(20)10-13/h3-12H,1-2H3. The normalized spacial score (nSPS) is 11.1. The monoisotopic (exact) mass is 325 g/mol. The minimum absolute atomic E-state index is 0.686. The summed E-state index contributed by atoms with van der Waals surface area (Å²) >= 11 is 6.01. The molecule has 23 heavy (non-hydrogen) atoms. The first-order chi connectivity index (χ1) is 11.2. The van der Waals surface area contributed by atoms with Gasteiger partial charge in [0.1, 0.15) is 0 Å². The van der Waals surface area contributed by atoms with E-state index in [-0.39, 0.29) is 0 Å². The third kappa shape index (κ3) is 3.30. The topological polar surface area (TPSA) is 31.4 Å². The highest BCUT2D eigenvalue weighted by molar-refractivity contribution is 6.30. The Morgan fingerprint density at radius 3 is 2.48 bits per heavy atom. The average molecular weight is 326 g/mol. The van der Waals surface area contributed by atoms with Crippen LogP contribution in [0.3, 0.4) is 0 Å². The maximum atomic E-state index is 6.01. The number of methoxy groups -OCH3 is 2. The van der Waals surface area contributed by atoms with E-state index in [0.717, 1.165) is 22.0 Å². The van der Waals surface area contributed by atoms with E-state index in [1.165, 1.54) is 0 Å². The van der Waals surface area contributed by atoms with E-state index in [1.54, 1.807) is 20.4 Å². The van der Waals surface area contributed by atoms with Gasteiger partial charge in [0.2, 0.25) is 0 Å². The molecule has 3 aromatic rings. The highest BCUT2D eigenvalue weighted by Gasteiger charge is 2.08. The van der Waals surface area contributed by atoms with Crippen molar-refractivity contribution in [3.05, 3.63) is 64.9 Å². The Balaban J connectivity index is 2.07. The van der Waals surface area contributed by atoms with Crippen molar-refractivity contribution in [3.8, 4) is 11.5 Å². The van der Waals surface area contributed by atoms with Crippen LogP contribution in [0.4, 0.5) is 0 Å². The number of nitrogens with zero attached hydrogens (tertiary/aromatic N) is 1. The predicted octanol–water partition coefficient (Wildman–Crippen LogP) is 5.08. The molecular weight excluding hydrogens is 310 g/mol.